The molecule has 3 aromatic rings. The fraction of sp³-hybridized carbons (Fsp3) is 0.235. The van der Waals surface area contributed by atoms with Gasteiger partial charge < -0.3 is 9.52 Å². The Kier molecular flexibility index (Phi) is 5.00. The molecule has 24 heavy (non-hydrogen) atoms. The molecular formula is C17H17N3O3S. The van der Waals surface area contributed by atoms with Crippen LogP contribution in [0.1, 0.15) is 19.0 Å². The Hall–Kier alpha value is -2.54. The summed E-state index contributed by atoms with van der Waals surface area (Å²) in [5.74, 6) is 0.789. The number of nitrogens with zero attached hydrogens (tertiary/aromatic N) is 3. The number of aromatic hydroxyl groups is 1. The first-order valence-electron chi connectivity index (χ1n) is 7.61. The van der Waals surface area contributed by atoms with Crippen molar-refractivity contribution in [2.45, 2.75) is 30.8 Å². The van der Waals surface area contributed by atoms with E-state index < -0.39 is 0 Å². The Morgan fingerprint density at radius 3 is 2.79 bits per heavy atom. The summed E-state index contributed by atoms with van der Waals surface area (Å²) < 4.78 is 7.06. The van der Waals surface area contributed by atoms with Crippen LogP contribution in [-0.2, 0) is 12.3 Å². The van der Waals surface area contributed by atoms with Crippen LogP contribution in [0.3, 0.4) is 0 Å². The predicted octanol–water partition coefficient (Wildman–Crippen LogP) is 3.31. The summed E-state index contributed by atoms with van der Waals surface area (Å²) in [6, 6.07) is 10.8. The maximum Gasteiger partial charge on any atom is 0.257 e. The van der Waals surface area contributed by atoms with E-state index in [0.717, 1.165) is 23.7 Å². The third-order valence-electron chi connectivity index (χ3n) is 3.33. The number of thioether (sulfide) groups is 1. The minimum absolute atomic E-state index is 0.253. The molecule has 0 aliphatic rings. The molecule has 0 aliphatic carbocycles. The van der Waals surface area contributed by atoms with Crippen molar-refractivity contribution in [1.82, 2.24) is 14.5 Å². The monoisotopic (exact) mass is 343 g/mol. The molecule has 1 N–H and O–H groups in total. The lowest BCUT2D eigenvalue weighted by Gasteiger charge is -2.09. The fourth-order valence-corrected chi connectivity index (χ4v) is 3.14. The van der Waals surface area contributed by atoms with Crippen LogP contribution in [0.5, 0.6) is 5.88 Å². The van der Waals surface area contributed by atoms with E-state index in [1.807, 2.05) is 37.3 Å². The van der Waals surface area contributed by atoms with Gasteiger partial charge in [0.2, 0.25) is 11.8 Å². The molecule has 0 bridgehead atoms. The van der Waals surface area contributed by atoms with Gasteiger partial charge in [0.05, 0.1) is 11.8 Å². The Morgan fingerprint density at radius 1 is 1.25 bits per heavy atom. The van der Waals surface area contributed by atoms with E-state index in [1.54, 1.807) is 10.8 Å². The molecule has 0 aliphatic heterocycles. The zero-order chi connectivity index (χ0) is 16.9. The maximum atomic E-state index is 12.0. The minimum atomic E-state index is -0.264. The lowest BCUT2D eigenvalue weighted by molar-refractivity contribution is 0.431. The van der Waals surface area contributed by atoms with Crippen LogP contribution >= 0.6 is 11.8 Å². The molecule has 124 valence electrons. The van der Waals surface area contributed by atoms with Gasteiger partial charge >= 0.3 is 0 Å². The van der Waals surface area contributed by atoms with Crippen LogP contribution < -0.4 is 5.56 Å². The molecule has 2 aromatic heterocycles. The van der Waals surface area contributed by atoms with E-state index in [0.29, 0.717) is 23.3 Å². The SMILES string of the molecule is CCCn1c(SCc2coc(-c3ccccc3)n2)nc(O)cc1=O. The summed E-state index contributed by atoms with van der Waals surface area (Å²) in [5, 5.41) is 10.0. The zero-order valence-electron chi connectivity index (χ0n) is 13.2. The minimum Gasteiger partial charge on any atom is -0.493 e. The lowest BCUT2D eigenvalue weighted by Crippen LogP contribution is -2.21. The van der Waals surface area contributed by atoms with E-state index in [-0.39, 0.29) is 11.4 Å². The second-order valence-electron chi connectivity index (χ2n) is 5.19. The summed E-state index contributed by atoms with van der Waals surface area (Å²) >= 11 is 1.35. The number of benzene rings is 1. The highest BCUT2D eigenvalue weighted by molar-refractivity contribution is 7.98. The second kappa shape index (κ2) is 7.35. The summed E-state index contributed by atoms with van der Waals surface area (Å²) in [5.41, 5.74) is 1.41. The standard InChI is InChI=1S/C17H17N3O3S/c1-2-8-20-15(22)9-14(21)19-17(20)24-11-13-10-23-16(18-13)12-6-4-3-5-7-12/h3-7,9-10,21H,2,8,11H2,1H3. The normalized spacial score (nSPS) is 10.9. The van der Waals surface area contributed by atoms with Crippen LogP contribution in [0.4, 0.5) is 0 Å². The van der Waals surface area contributed by atoms with Crippen molar-refractivity contribution < 1.29 is 9.52 Å². The maximum absolute atomic E-state index is 12.0. The van der Waals surface area contributed by atoms with Crippen LogP contribution in [0.15, 0.2) is 57.0 Å². The quantitative estimate of drug-likeness (QED) is 0.546. The third kappa shape index (κ3) is 3.68. The van der Waals surface area contributed by atoms with Gasteiger partial charge in [0.1, 0.15) is 6.26 Å². The van der Waals surface area contributed by atoms with Gasteiger partial charge in [-0.3, -0.25) is 9.36 Å². The fourth-order valence-electron chi connectivity index (χ4n) is 2.24. The van der Waals surface area contributed by atoms with E-state index >= 15 is 0 Å². The highest BCUT2D eigenvalue weighted by Crippen LogP contribution is 2.24. The van der Waals surface area contributed by atoms with E-state index in [1.165, 1.54) is 11.8 Å². The average molecular weight is 343 g/mol. The third-order valence-corrected chi connectivity index (χ3v) is 4.34. The molecule has 1 aromatic carbocycles. The Labute approximate surface area is 143 Å². The Bertz CT molecular complexity index is 874. The summed E-state index contributed by atoms with van der Waals surface area (Å²) in [7, 11) is 0. The van der Waals surface area contributed by atoms with Crippen LogP contribution in [0.2, 0.25) is 0 Å². The highest BCUT2D eigenvalue weighted by Gasteiger charge is 2.11. The molecule has 7 heteroatoms. The molecule has 3 rings (SSSR count). The Balaban J connectivity index is 1.77. The van der Waals surface area contributed by atoms with Gasteiger partial charge in [-0.05, 0) is 18.6 Å². The molecule has 0 saturated carbocycles. The summed E-state index contributed by atoms with van der Waals surface area (Å²) in [4.78, 5) is 20.5. The predicted molar refractivity (Wildman–Crippen MR) is 92.0 cm³/mol. The number of oxazole rings is 1. The molecule has 0 unspecified atom stereocenters. The molecule has 0 atom stereocenters. The second-order valence-corrected chi connectivity index (χ2v) is 6.13. The largest absolute Gasteiger partial charge is 0.493 e. The lowest BCUT2D eigenvalue weighted by atomic mass is 10.2. The summed E-state index contributed by atoms with van der Waals surface area (Å²) in [6.07, 6.45) is 2.41. The van der Waals surface area contributed by atoms with Crippen molar-refractivity contribution in [1.29, 1.82) is 0 Å². The van der Waals surface area contributed by atoms with Crippen LogP contribution in [-0.4, -0.2) is 19.6 Å². The van der Waals surface area contributed by atoms with Gasteiger partial charge in [0, 0.05) is 17.9 Å². The van der Waals surface area contributed by atoms with E-state index in [2.05, 4.69) is 9.97 Å². The van der Waals surface area contributed by atoms with Gasteiger partial charge in [-0.2, -0.15) is 4.98 Å². The molecular weight excluding hydrogens is 326 g/mol. The number of hydrogen-bond donors (Lipinski definition) is 1. The van der Waals surface area contributed by atoms with Crippen molar-refractivity contribution in [3.63, 3.8) is 0 Å². The molecule has 0 spiro atoms. The first-order valence-corrected chi connectivity index (χ1v) is 8.59. The van der Waals surface area contributed by atoms with E-state index in [9.17, 15) is 9.90 Å². The molecule has 0 saturated heterocycles. The first kappa shape index (κ1) is 16.3. The van der Waals surface area contributed by atoms with Gasteiger partial charge in [0.15, 0.2) is 5.16 Å². The van der Waals surface area contributed by atoms with Gasteiger partial charge in [0.25, 0.3) is 5.56 Å². The number of rotatable bonds is 6. The zero-order valence-corrected chi connectivity index (χ0v) is 14.0. The topological polar surface area (TPSA) is 81.2 Å². The first-order chi connectivity index (χ1) is 11.7. The molecule has 6 nitrogen and oxygen atoms in total. The van der Waals surface area contributed by atoms with Crippen LogP contribution in [0, 0.1) is 0 Å². The summed E-state index contributed by atoms with van der Waals surface area (Å²) in [6.45, 7) is 2.54. The smallest absolute Gasteiger partial charge is 0.257 e. The van der Waals surface area contributed by atoms with Crippen molar-refractivity contribution >= 4 is 11.8 Å². The van der Waals surface area contributed by atoms with Crippen molar-refractivity contribution in [3.8, 4) is 17.3 Å². The molecule has 0 fully saturated rings. The number of aromatic nitrogens is 3. The average Bonchev–Trinajstić information content (AvgIpc) is 3.05. The van der Waals surface area contributed by atoms with Crippen LogP contribution in [0.25, 0.3) is 11.5 Å². The number of hydrogen-bond acceptors (Lipinski definition) is 6. The molecule has 0 radical (unpaired) electrons. The van der Waals surface area contributed by atoms with Gasteiger partial charge in [-0.1, -0.05) is 36.9 Å². The highest BCUT2D eigenvalue weighted by atomic mass is 32.2. The van der Waals surface area contributed by atoms with Gasteiger partial charge in [-0.25, -0.2) is 4.98 Å². The molecule has 0 amide bonds. The van der Waals surface area contributed by atoms with Crippen molar-refractivity contribution in [2.24, 2.45) is 0 Å². The van der Waals surface area contributed by atoms with Gasteiger partial charge in [-0.15, -0.1) is 0 Å². The van der Waals surface area contributed by atoms with Crippen molar-refractivity contribution in [3.05, 3.63) is 58.7 Å². The van der Waals surface area contributed by atoms with E-state index in [4.69, 9.17) is 4.42 Å². The molecule has 2 heterocycles. The van der Waals surface area contributed by atoms with Crippen molar-refractivity contribution in [2.75, 3.05) is 0 Å². The Morgan fingerprint density at radius 2 is 2.04 bits per heavy atom.